The van der Waals surface area contributed by atoms with E-state index in [1.165, 1.54) is 7.11 Å². The molecule has 0 heterocycles. The first-order chi connectivity index (χ1) is 11.7. The van der Waals surface area contributed by atoms with Crippen molar-refractivity contribution in [3.8, 4) is 0 Å². The molecule has 0 saturated carbocycles. The third-order valence-corrected chi connectivity index (χ3v) is 2.83. The Morgan fingerprint density at radius 2 is 1.50 bits per heavy atom. The molecule has 2 aromatic rings. The number of methoxy groups -OCH3 is 1. The van der Waals surface area contributed by atoms with Gasteiger partial charge >= 0.3 is 5.97 Å². The number of carbonyl (C=O) groups is 2. The normalized spacial score (nSPS) is 8.71. The van der Waals surface area contributed by atoms with Gasteiger partial charge in [0.2, 0.25) is 5.91 Å². The number of esters is 1. The molecule has 0 radical (unpaired) electrons. The monoisotopic (exact) mass is 441 g/mol. The Bertz CT molecular complexity index is 615. The Kier molecular flexibility index (Phi) is 12.5. The zero-order chi connectivity index (χ0) is 18.4. The fourth-order valence-electron chi connectivity index (χ4n) is 1.88. The van der Waals surface area contributed by atoms with E-state index in [4.69, 9.17) is 4.74 Å². The molecule has 0 aromatic heterocycles. The van der Waals surface area contributed by atoms with Gasteiger partial charge < -0.3 is 10.1 Å². The average Bonchev–Trinajstić information content (AvgIpc) is 2.65. The van der Waals surface area contributed by atoms with E-state index >= 15 is 0 Å². The van der Waals surface area contributed by atoms with Gasteiger partial charge in [0.25, 0.3) is 0 Å². The highest BCUT2D eigenvalue weighted by molar-refractivity contribution is 14.1. The number of halogens is 1. The maximum Gasteiger partial charge on any atom is 0.338 e. The van der Waals surface area contributed by atoms with Crippen LogP contribution in [0, 0.1) is 0 Å². The van der Waals surface area contributed by atoms with E-state index < -0.39 is 5.97 Å². The Hall–Kier alpha value is -1.89. The van der Waals surface area contributed by atoms with Crippen LogP contribution >= 0.6 is 22.6 Å². The molecule has 130 valence electrons. The van der Waals surface area contributed by atoms with E-state index in [0.29, 0.717) is 11.1 Å². The van der Waals surface area contributed by atoms with Crippen molar-refractivity contribution >= 4 is 40.2 Å². The third-order valence-electron chi connectivity index (χ3n) is 2.83. The van der Waals surface area contributed by atoms with Gasteiger partial charge in [-0.25, -0.2) is 4.79 Å². The number of ether oxygens (including phenoxy) is 1. The predicted molar refractivity (Wildman–Crippen MR) is 108 cm³/mol. The quantitative estimate of drug-likeness (QED) is 0.424. The predicted octanol–water partition coefficient (Wildman–Crippen LogP) is 4.73. The molecule has 0 bridgehead atoms. The van der Waals surface area contributed by atoms with Crippen LogP contribution in [0.2, 0.25) is 0 Å². The summed E-state index contributed by atoms with van der Waals surface area (Å²) in [5, 5.41) is 2.78. The van der Waals surface area contributed by atoms with E-state index in [1.54, 1.807) is 24.3 Å². The van der Waals surface area contributed by atoms with E-state index in [1.807, 2.05) is 49.1 Å². The lowest BCUT2D eigenvalue weighted by Gasteiger charge is -2.08. The summed E-state index contributed by atoms with van der Waals surface area (Å²) in [5.41, 5.74) is 1.79. The lowest BCUT2D eigenvalue weighted by Crippen LogP contribution is -2.16. The molecule has 1 amide bonds. The SMILES string of the molecule is CC.CI.COC(=O)c1ccccc1CC(=O)Nc1ccccc1. The first-order valence-corrected chi connectivity index (χ1v) is 9.75. The summed E-state index contributed by atoms with van der Waals surface area (Å²) in [6.07, 6.45) is 0.125. The molecule has 0 saturated heterocycles. The van der Waals surface area contributed by atoms with Gasteiger partial charge in [-0.05, 0) is 28.7 Å². The highest BCUT2D eigenvalue weighted by Crippen LogP contribution is 2.12. The van der Waals surface area contributed by atoms with Crippen molar-refractivity contribution in [2.75, 3.05) is 17.4 Å². The number of para-hydroxylation sites is 1. The fourth-order valence-corrected chi connectivity index (χ4v) is 1.88. The van der Waals surface area contributed by atoms with E-state index in [-0.39, 0.29) is 12.3 Å². The Morgan fingerprint density at radius 1 is 0.958 bits per heavy atom. The molecule has 0 atom stereocenters. The zero-order valence-electron chi connectivity index (χ0n) is 14.5. The highest BCUT2D eigenvalue weighted by atomic mass is 127. The van der Waals surface area contributed by atoms with Gasteiger partial charge in [0.15, 0.2) is 0 Å². The van der Waals surface area contributed by atoms with Crippen molar-refractivity contribution in [1.29, 1.82) is 0 Å². The van der Waals surface area contributed by atoms with Crippen LogP contribution in [-0.4, -0.2) is 23.9 Å². The summed E-state index contributed by atoms with van der Waals surface area (Å²) < 4.78 is 4.71. The van der Waals surface area contributed by atoms with Crippen LogP contribution in [0.4, 0.5) is 5.69 Å². The summed E-state index contributed by atoms with van der Waals surface area (Å²) in [7, 11) is 1.32. The number of nitrogens with one attached hydrogen (secondary N) is 1. The minimum Gasteiger partial charge on any atom is -0.465 e. The van der Waals surface area contributed by atoms with Crippen molar-refractivity contribution in [3.63, 3.8) is 0 Å². The van der Waals surface area contributed by atoms with Crippen LogP contribution in [0.3, 0.4) is 0 Å². The number of benzene rings is 2. The molecule has 0 aliphatic heterocycles. The van der Waals surface area contributed by atoms with Gasteiger partial charge in [0.1, 0.15) is 0 Å². The maximum atomic E-state index is 12.0. The molecule has 1 N–H and O–H groups in total. The summed E-state index contributed by atoms with van der Waals surface area (Å²) >= 11 is 2.15. The van der Waals surface area contributed by atoms with Crippen LogP contribution in [-0.2, 0) is 16.0 Å². The van der Waals surface area contributed by atoms with Crippen molar-refractivity contribution in [3.05, 3.63) is 65.7 Å². The number of anilines is 1. The Morgan fingerprint density at radius 3 is 2.08 bits per heavy atom. The highest BCUT2D eigenvalue weighted by Gasteiger charge is 2.13. The van der Waals surface area contributed by atoms with Gasteiger partial charge in [0.05, 0.1) is 19.1 Å². The number of amides is 1. The molecule has 4 nitrogen and oxygen atoms in total. The largest absolute Gasteiger partial charge is 0.465 e. The summed E-state index contributed by atoms with van der Waals surface area (Å²) in [6.45, 7) is 4.00. The topological polar surface area (TPSA) is 55.4 Å². The van der Waals surface area contributed by atoms with Crippen LogP contribution in [0.15, 0.2) is 54.6 Å². The van der Waals surface area contributed by atoms with Gasteiger partial charge in [-0.2, -0.15) is 0 Å². The molecule has 0 unspecified atom stereocenters. The minimum atomic E-state index is -0.437. The van der Waals surface area contributed by atoms with Crippen molar-refractivity contribution in [2.24, 2.45) is 0 Å². The molecule has 0 aliphatic rings. The van der Waals surface area contributed by atoms with Crippen molar-refractivity contribution < 1.29 is 14.3 Å². The Labute approximate surface area is 157 Å². The van der Waals surface area contributed by atoms with Gasteiger partial charge in [0, 0.05) is 5.69 Å². The smallest absolute Gasteiger partial charge is 0.338 e. The molecule has 2 aromatic carbocycles. The van der Waals surface area contributed by atoms with E-state index in [2.05, 4.69) is 27.9 Å². The zero-order valence-corrected chi connectivity index (χ0v) is 16.7. The third kappa shape index (κ3) is 7.59. The number of rotatable bonds is 4. The molecule has 2 rings (SSSR count). The first kappa shape index (κ1) is 22.1. The van der Waals surface area contributed by atoms with Gasteiger partial charge in [-0.3, -0.25) is 4.79 Å². The molecular formula is C19H24INO3. The molecule has 0 spiro atoms. The van der Waals surface area contributed by atoms with Gasteiger partial charge in [-0.15, -0.1) is 0 Å². The first-order valence-electron chi connectivity index (χ1n) is 7.59. The van der Waals surface area contributed by atoms with E-state index in [9.17, 15) is 9.59 Å². The summed E-state index contributed by atoms with van der Waals surface area (Å²) in [6, 6.07) is 16.1. The van der Waals surface area contributed by atoms with E-state index in [0.717, 1.165) is 5.69 Å². The second-order valence-corrected chi connectivity index (χ2v) is 4.24. The molecule has 0 aliphatic carbocycles. The lowest BCUT2D eigenvalue weighted by atomic mass is 10.0. The van der Waals surface area contributed by atoms with Crippen LogP contribution in [0.5, 0.6) is 0 Å². The van der Waals surface area contributed by atoms with Crippen molar-refractivity contribution in [2.45, 2.75) is 20.3 Å². The molecule has 5 heteroatoms. The average molecular weight is 441 g/mol. The fraction of sp³-hybridized carbons (Fsp3) is 0.263. The molecular weight excluding hydrogens is 417 g/mol. The molecule has 0 fully saturated rings. The Balaban J connectivity index is 0.00000123. The second-order valence-electron chi connectivity index (χ2n) is 4.24. The van der Waals surface area contributed by atoms with Crippen LogP contribution in [0.1, 0.15) is 29.8 Å². The number of alkyl halides is 1. The minimum absolute atomic E-state index is 0.125. The van der Waals surface area contributed by atoms with Crippen LogP contribution < -0.4 is 5.32 Å². The number of carbonyl (C=O) groups excluding carboxylic acids is 2. The van der Waals surface area contributed by atoms with Crippen molar-refractivity contribution in [1.82, 2.24) is 0 Å². The second kappa shape index (κ2) is 13.5. The summed E-state index contributed by atoms with van der Waals surface area (Å²) in [4.78, 5) is 25.6. The van der Waals surface area contributed by atoms with Gasteiger partial charge in [-0.1, -0.05) is 72.8 Å². The van der Waals surface area contributed by atoms with Crippen LogP contribution in [0.25, 0.3) is 0 Å². The molecule has 24 heavy (non-hydrogen) atoms. The number of hydrogen-bond acceptors (Lipinski definition) is 3. The summed E-state index contributed by atoms with van der Waals surface area (Å²) in [5.74, 6) is -0.610. The lowest BCUT2D eigenvalue weighted by molar-refractivity contribution is -0.115. The standard InChI is InChI=1S/C16H15NO3.C2H6.CH3I/c1-20-16(19)14-10-6-5-7-12(14)11-15(18)17-13-8-3-2-4-9-13;2*1-2/h2-10H,11H2,1H3,(H,17,18);1-2H3;1H3. The maximum absolute atomic E-state index is 12.0. The number of hydrogen-bond donors (Lipinski definition) is 1.